The number of halogens is 1. The zero-order chi connectivity index (χ0) is 15.9. The van der Waals surface area contributed by atoms with Gasteiger partial charge in [0.25, 0.3) is 0 Å². The van der Waals surface area contributed by atoms with Crippen LogP contribution in [0.3, 0.4) is 0 Å². The molecule has 0 amide bonds. The predicted octanol–water partition coefficient (Wildman–Crippen LogP) is -0.0392. The molecule has 1 atom stereocenters. The fourth-order valence-electron chi connectivity index (χ4n) is 2.34. The first-order chi connectivity index (χ1) is 10.5. The summed E-state index contributed by atoms with van der Waals surface area (Å²) in [4.78, 5) is 0. The molecule has 126 valence electrons. The smallest absolute Gasteiger partial charge is 0.157 e. The topological polar surface area (TPSA) is 72.7 Å². The van der Waals surface area contributed by atoms with Gasteiger partial charge in [0.1, 0.15) is 5.75 Å². The fraction of sp³-hybridized carbons (Fsp3) is 0.333. The summed E-state index contributed by atoms with van der Waals surface area (Å²) in [5.74, 6) is 0.143. The van der Waals surface area contributed by atoms with Gasteiger partial charge in [-0.25, -0.2) is 0 Å². The van der Waals surface area contributed by atoms with E-state index in [9.17, 15) is 15.3 Å². The molecule has 2 aromatic carbocycles. The number of rotatable bonds is 7. The van der Waals surface area contributed by atoms with Crippen LogP contribution in [0.15, 0.2) is 42.5 Å². The minimum atomic E-state index is -0.0843. The molecule has 0 aliphatic heterocycles. The molecule has 0 spiro atoms. The van der Waals surface area contributed by atoms with Crippen LogP contribution in [-0.4, -0.2) is 27.9 Å². The van der Waals surface area contributed by atoms with Crippen LogP contribution in [-0.2, 0) is 12.8 Å². The zero-order valence-corrected chi connectivity index (χ0v) is 13.9. The van der Waals surface area contributed by atoms with E-state index < -0.39 is 0 Å². The second-order valence-electron chi connectivity index (χ2n) is 5.63. The standard InChI is InChI=1S/C18H23NO3.ClH/c1-13(2-3-14-4-7-16(20)8-5-14)19-11-10-15-6-9-17(21)18(22)12-15;/h4-9,12-13,19-22H,2-3,10-11H2,1H3;1H/p-1. The summed E-state index contributed by atoms with van der Waals surface area (Å²) in [5, 5.41) is 31.4. The van der Waals surface area contributed by atoms with Gasteiger partial charge in [0.2, 0.25) is 0 Å². The molecular weight excluding hydrogens is 314 g/mol. The SMILES string of the molecule is CC(CCc1ccc(O)cc1)NCCc1ccc(O)c(O)c1.[Cl-]. The third kappa shape index (κ3) is 6.38. The molecule has 2 aromatic rings. The third-order valence-electron chi connectivity index (χ3n) is 3.75. The van der Waals surface area contributed by atoms with Gasteiger partial charge >= 0.3 is 0 Å². The molecule has 0 aliphatic carbocycles. The number of phenols is 3. The molecule has 0 radical (unpaired) electrons. The third-order valence-corrected chi connectivity index (χ3v) is 3.75. The van der Waals surface area contributed by atoms with Crippen molar-refractivity contribution in [2.24, 2.45) is 0 Å². The van der Waals surface area contributed by atoms with Crippen molar-refractivity contribution < 1.29 is 27.7 Å². The Morgan fingerprint density at radius 3 is 2.17 bits per heavy atom. The first-order valence-corrected chi connectivity index (χ1v) is 7.57. The van der Waals surface area contributed by atoms with Gasteiger partial charge < -0.3 is 33.0 Å². The van der Waals surface area contributed by atoms with Crippen LogP contribution in [0.5, 0.6) is 17.2 Å². The largest absolute Gasteiger partial charge is 1.00 e. The lowest BCUT2D eigenvalue weighted by Gasteiger charge is -2.14. The van der Waals surface area contributed by atoms with Gasteiger partial charge in [-0.05, 0) is 68.1 Å². The molecule has 0 fully saturated rings. The summed E-state index contributed by atoms with van der Waals surface area (Å²) in [6.07, 6.45) is 2.79. The highest BCUT2D eigenvalue weighted by Gasteiger charge is 2.04. The molecule has 0 aliphatic rings. The highest BCUT2D eigenvalue weighted by Crippen LogP contribution is 2.24. The molecule has 2 rings (SSSR count). The molecule has 4 N–H and O–H groups in total. The van der Waals surface area contributed by atoms with E-state index in [4.69, 9.17) is 0 Å². The van der Waals surface area contributed by atoms with E-state index in [2.05, 4.69) is 12.2 Å². The van der Waals surface area contributed by atoms with Gasteiger partial charge in [0, 0.05) is 6.04 Å². The second-order valence-corrected chi connectivity index (χ2v) is 5.63. The minimum Gasteiger partial charge on any atom is -1.00 e. The molecule has 0 heterocycles. The first-order valence-electron chi connectivity index (χ1n) is 7.57. The Balaban J connectivity index is 0.00000264. The van der Waals surface area contributed by atoms with Crippen LogP contribution in [0.25, 0.3) is 0 Å². The fourth-order valence-corrected chi connectivity index (χ4v) is 2.34. The number of nitrogens with one attached hydrogen (secondary N) is 1. The van der Waals surface area contributed by atoms with Crippen molar-refractivity contribution in [3.8, 4) is 17.2 Å². The van der Waals surface area contributed by atoms with Gasteiger partial charge in [-0.3, -0.25) is 0 Å². The van der Waals surface area contributed by atoms with Gasteiger partial charge in [0.15, 0.2) is 11.5 Å². The molecule has 0 aromatic heterocycles. The summed E-state index contributed by atoms with van der Waals surface area (Å²) in [7, 11) is 0. The Labute approximate surface area is 143 Å². The molecule has 5 heteroatoms. The monoisotopic (exact) mass is 336 g/mol. The zero-order valence-electron chi connectivity index (χ0n) is 13.2. The number of hydrogen-bond donors (Lipinski definition) is 4. The summed E-state index contributed by atoms with van der Waals surface area (Å²) < 4.78 is 0. The molecule has 4 nitrogen and oxygen atoms in total. The Morgan fingerprint density at radius 1 is 0.870 bits per heavy atom. The van der Waals surface area contributed by atoms with Gasteiger partial charge in [-0.15, -0.1) is 0 Å². The van der Waals surface area contributed by atoms with Crippen LogP contribution in [0.1, 0.15) is 24.5 Å². The van der Waals surface area contributed by atoms with Crippen molar-refractivity contribution in [3.63, 3.8) is 0 Å². The number of benzene rings is 2. The maximum atomic E-state index is 9.45. The van der Waals surface area contributed by atoms with Crippen molar-refractivity contribution in [2.45, 2.75) is 32.2 Å². The summed E-state index contributed by atoms with van der Waals surface area (Å²) >= 11 is 0. The van der Waals surface area contributed by atoms with Crippen molar-refractivity contribution in [2.75, 3.05) is 6.54 Å². The maximum Gasteiger partial charge on any atom is 0.157 e. The van der Waals surface area contributed by atoms with E-state index >= 15 is 0 Å². The quantitative estimate of drug-likeness (QED) is 0.535. The van der Waals surface area contributed by atoms with Crippen LogP contribution >= 0.6 is 0 Å². The van der Waals surface area contributed by atoms with Crippen LogP contribution in [0.4, 0.5) is 0 Å². The highest BCUT2D eigenvalue weighted by molar-refractivity contribution is 5.40. The van der Waals surface area contributed by atoms with E-state index in [1.807, 2.05) is 18.2 Å². The molecule has 23 heavy (non-hydrogen) atoms. The van der Waals surface area contributed by atoms with Crippen LogP contribution in [0.2, 0.25) is 0 Å². The van der Waals surface area contributed by atoms with E-state index in [1.165, 1.54) is 11.6 Å². The summed E-state index contributed by atoms with van der Waals surface area (Å²) in [6.45, 7) is 2.97. The number of phenolic OH excluding ortho intramolecular Hbond substituents is 3. The van der Waals surface area contributed by atoms with Gasteiger partial charge in [-0.2, -0.15) is 0 Å². The average molecular weight is 337 g/mol. The number of aromatic hydroxyl groups is 3. The maximum absolute atomic E-state index is 9.45. The normalized spacial score (nSPS) is 11.7. The molecule has 0 bridgehead atoms. The Bertz CT molecular complexity index is 602. The highest BCUT2D eigenvalue weighted by atomic mass is 35.5. The van der Waals surface area contributed by atoms with Gasteiger partial charge in [-0.1, -0.05) is 18.2 Å². The average Bonchev–Trinajstić information content (AvgIpc) is 2.50. The Morgan fingerprint density at radius 2 is 1.52 bits per heavy atom. The Kier molecular flexibility index (Phi) is 7.72. The Hall–Kier alpha value is -1.91. The lowest BCUT2D eigenvalue weighted by atomic mass is 10.1. The van der Waals surface area contributed by atoms with Crippen molar-refractivity contribution in [1.82, 2.24) is 5.32 Å². The van der Waals surface area contributed by atoms with Gasteiger partial charge in [0.05, 0.1) is 0 Å². The van der Waals surface area contributed by atoms with Crippen molar-refractivity contribution >= 4 is 0 Å². The van der Waals surface area contributed by atoms with Crippen LogP contribution < -0.4 is 17.7 Å². The van der Waals surface area contributed by atoms with E-state index in [-0.39, 0.29) is 23.9 Å². The molecular formula is C18H23ClNO3-. The summed E-state index contributed by atoms with van der Waals surface area (Å²) in [6, 6.07) is 12.6. The molecule has 0 saturated carbocycles. The van der Waals surface area contributed by atoms with E-state index in [0.717, 1.165) is 31.4 Å². The van der Waals surface area contributed by atoms with Crippen molar-refractivity contribution in [3.05, 3.63) is 53.6 Å². The lowest BCUT2D eigenvalue weighted by molar-refractivity contribution is -0.00000753. The van der Waals surface area contributed by atoms with E-state index in [1.54, 1.807) is 18.2 Å². The van der Waals surface area contributed by atoms with Crippen molar-refractivity contribution in [1.29, 1.82) is 0 Å². The molecule has 0 saturated heterocycles. The molecule has 1 unspecified atom stereocenters. The lowest BCUT2D eigenvalue weighted by Crippen LogP contribution is -3.00. The number of hydrogen-bond acceptors (Lipinski definition) is 4. The second kappa shape index (κ2) is 9.28. The summed E-state index contributed by atoms with van der Waals surface area (Å²) in [5.41, 5.74) is 2.21. The van der Waals surface area contributed by atoms with E-state index in [0.29, 0.717) is 11.8 Å². The first kappa shape index (κ1) is 19.1. The van der Waals surface area contributed by atoms with Crippen LogP contribution in [0, 0.1) is 0 Å². The number of aryl methyl sites for hydroxylation is 1. The predicted molar refractivity (Wildman–Crippen MR) is 87.4 cm³/mol. The minimum absolute atomic E-state index is 0.